The van der Waals surface area contributed by atoms with Crippen LogP contribution in [-0.2, 0) is 4.74 Å². The van der Waals surface area contributed by atoms with Crippen LogP contribution >= 0.6 is 0 Å². The summed E-state index contributed by atoms with van der Waals surface area (Å²) in [6.45, 7) is -0.265. The van der Waals surface area contributed by atoms with Crippen molar-refractivity contribution in [2.24, 2.45) is 0 Å². The number of hydrogen-bond acceptors (Lipinski definition) is 7. The molecule has 4 rings (SSSR count). The number of alkyl halides is 1. The first-order valence-corrected chi connectivity index (χ1v) is 8.02. The van der Waals surface area contributed by atoms with Crippen molar-refractivity contribution in [1.29, 1.82) is 0 Å². The minimum Gasteiger partial charge on any atom is -0.401 e. The number of halogens is 1. The van der Waals surface area contributed by atoms with Crippen LogP contribution in [0.5, 0.6) is 5.88 Å². The molecule has 3 heterocycles. The third-order valence-corrected chi connectivity index (χ3v) is 4.13. The number of fused-ring (bicyclic) bond motifs is 1. The Bertz CT molecular complexity index is 933. The summed E-state index contributed by atoms with van der Waals surface area (Å²) in [5.41, 5.74) is 0.870. The first-order valence-electron chi connectivity index (χ1n) is 8.02. The molecule has 3 atom stereocenters. The predicted octanol–water partition coefficient (Wildman–Crippen LogP) is 1.66. The summed E-state index contributed by atoms with van der Waals surface area (Å²) in [6.07, 6.45) is -0.193. The van der Waals surface area contributed by atoms with Gasteiger partial charge in [-0.05, 0) is 12.1 Å². The highest BCUT2D eigenvalue weighted by molar-refractivity contribution is 5.92. The van der Waals surface area contributed by atoms with E-state index in [0.717, 1.165) is 0 Å². The van der Waals surface area contributed by atoms with Gasteiger partial charge in [-0.1, -0.05) is 18.2 Å². The summed E-state index contributed by atoms with van der Waals surface area (Å²) in [6, 6.07) is 8.47. The number of aliphatic hydroxyl groups excluding tert-OH is 1. The van der Waals surface area contributed by atoms with Gasteiger partial charge in [-0.3, -0.25) is 4.57 Å². The molecule has 1 fully saturated rings. The highest BCUT2D eigenvalue weighted by Gasteiger charge is 2.37. The van der Waals surface area contributed by atoms with E-state index in [9.17, 15) is 9.18 Å². The van der Waals surface area contributed by atoms with Gasteiger partial charge in [0.1, 0.15) is 12.5 Å². The Kier molecular flexibility index (Phi) is 4.31. The van der Waals surface area contributed by atoms with Crippen LogP contribution in [0.1, 0.15) is 23.0 Å². The van der Waals surface area contributed by atoms with E-state index in [-0.39, 0.29) is 30.1 Å². The lowest BCUT2D eigenvalue weighted by atomic mass is 10.2. The van der Waals surface area contributed by atoms with E-state index in [2.05, 4.69) is 15.0 Å². The quantitative estimate of drug-likeness (QED) is 0.708. The first-order chi connectivity index (χ1) is 12.7. The third kappa shape index (κ3) is 2.91. The number of carbonyl (C=O) groups excluding carboxylic acids is 1. The molecule has 0 bridgehead atoms. The summed E-state index contributed by atoms with van der Waals surface area (Å²) in [5, 5.41) is 9.16. The number of rotatable bonds is 4. The maximum Gasteiger partial charge on any atom is 0.344 e. The summed E-state index contributed by atoms with van der Waals surface area (Å²) in [7, 11) is 0. The van der Waals surface area contributed by atoms with Gasteiger partial charge in [-0.2, -0.15) is 4.98 Å². The summed E-state index contributed by atoms with van der Waals surface area (Å²) in [4.78, 5) is 24.4. The van der Waals surface area contributed by atoms with Gasteiger partial charge in [0.25, 0.3) is 5.88 Å². The highest BCUT2D eigenvalue weighted by atomic mass is 19.1. The van der Waals surface area contributed by atoms with E-state index in [0.29, 0.717) is 5.56 Å². The Balaban J connectivity index is 1.64. The lowest BCUT2D eigenvalue weighted by Crippen LogP contribution is -2.17. The van der Waals surface area contributed by atoms with Crippen LogP contribution in [0.3, 0.4) is 0 Å². The molecule has 3 aromatic rings. The van der Waals surface area contributed by atoms with Crippen molar-refractivity contribution < 1.29 is 23.8 Å². The first kappa shape index (κ1) is 16.6. The number of aliphatic hydroxyl groups is 1. The van der Waals surface area contributed by atoms with E-state index in [1.54, 1.807) is 30.3 Å². The highest BCUT2D eigenvalue weighted by Crippen LogP contribution is 2.34. The molecule has 1 aliphatic heterocycles. The maximum absolute atomic E-state index is 14.2. The SMILES string of the molecule is O=C(Oc1ncnc2c1ncn2[C@@H]1O[C@H](CO)C[C@@H]1F)c1ccccc1. The summed E-state index contributed by atoms with van der Waals surface area (Å²) >= 11 is 0. The lowest BCUT2D eigenvalue weighted by Gasteiger charge is -2.15. The normalized spacial score (nSPS) is 22.6. The molecule has 26 heavy (non-hydrogen) atoms. The molecule has 0 spiro atoms. The number of ether oxygens (including phenoxy) is 2. The fourth-order valence-corrected chi connectivity index (χ4v) is 2.88. The molecule has 1 aliphatic rings. The average molecular weight is 358 g/mol. The largest absolute Gasteiger partial charge is 0.401 e. The Hall–Kier alpha value is -2.91. The zero-order valence-electron chi connectivity index (χ0n) is 13.5. The van der Waals surface area contributed by atoms with Crippen LogP contribution in [0.25, 0.3) is 11.2 Å². The fraction of sp³-hybridized carbons (Fsp3) is 0.294. The van der Waals surface area contributed by atoms with Gasteiger partial charge in [-0.25, -0.2) is 19.2 Å². The van der Waals surface area contributed by atoms with Gasteiger partial charge in [0.2, 0.25) is 0 Å². The smallest absolute Gasteiger partial charge is 0.344 e. The number of hydrogen-bond donors (Lipinski definition) is 1. The Labute approximate surface area is 147 Å². The lowest BCUT2D eigenvalue weighted by molar-refractivity contribution is -0.0351. The monoisotopic (exact) mass is 358 g/mol. The van der Waals surface area contributed by atoms with Crippen molar-refractivity contribution in [3.05, 3.63) is 48.5 Å². The molecule has 2 aromatic heterocycles. The van der Waals surface area contributed by atoms with Crippen LogP contribution < -0.4 is 4.74 Å². The van der Waals surface area contributed by atoms with Crippen LogP contribution in [0.4, 0.5) is 4.39 Å². The number of benzene rings is 1. The summed E-state index contributed by atoms with van der Waals surface area (Å²) < 4.78 is 26.5. The number of carbonyl (C=O) groups is 1. The van der Waals surface area contributed by atoms with Crippen molar-refractivity contribution in [3.63, 3.8) is 0 Å². The van der Waals surface area contributed by atoms with E-state index in [1.807, 2.05) is 0 Å². The average Bonchev–Trinajstić information content (AvgIpc) is 3.26. The van der Waals surface area contributed by atoms with Crippen molar-refractivity contribution >= 4 is 17.1 Å². The van der Waals surface area contributed by atoms with Crippen molar-refractivity contribution in [3.8, 4) is 5.88 Å². The predicted molar refractivity (Wildman–Crippen MR) is 87.2 cm³/mol. The zero-order chi connectivity index (χ0) is 18.1. The molecular weight excluding hydrogens is 343 g/mol. The second kappa shape index (κ2) is 6.77. The van der Waals surface area contributed by atoms with Gasteiger partial charge in [-0.15, -0.1) is 0 Å². The second-order valence-electron chi connectivity index (χ2n) is 5.84. The standard InChI is InChI=1S/C17H15FN4O4/c18-12-6-11(7-23)25-16(12)22-9-21-13-14(22)19-8-20-15(13)26-17(24)10-4-2-1-3-5-10/h1-5,8-9,11-12,16,23H,6-7H2/t11-,12-,16+/m0/s1. The van der Waals surface area contributed by atoms with Gasteiger partial charge >= 0.3 is 5.97 Å². The topological polar surface area (TPSA) is 99.4 Å². The fourth-order valence-electron chi connectivity index (χ4n) is 2.88. The second-order valence-corrected chi connectivity index (χ2v) is 5.84. The molecule has 1 aromatic carbocycles. The molecule has 9 heteroatoms. The molecular formula is C17H15FN4O4. The molecule has 8 nitrogen and oxygen atoms in total. The van der Waals surface area contributed by atoms with Gasteiger partial charge in [0, 0.05) is 6.42 Å². The maximum atomic E-state index is 14.2. The number of esters is 1. The van der Waals surface area contributed by atoms with Crippen molar-refractivity contribution in [2.75, 3.05) is 6.61 Å². The van der Waals surface area contributed by atoms with Crippen LogP contribution in [0, 0.1) is 0 Å². The number of nitrogens with zero attached hydrogens (tertiary/aromatic N) is 4. The molecule has 0 aliphatic carbocycles. The van der Waals surface area contributed by atoms with Crippen molar-refractivity contribution in [2.45, 2.75) is 24.9 Å². The summed E-state index contributed by atoms with van der Waals surface area (Å²) in [5.74, 6) is -0.601. The molecule has 134 valence electrons. The van der Waals surface area contributed by atoms with E-state index in [1.165, 1.54) is 17.2 Å². The molecule has 0 amide bonds. The number of aromatic nitrogens is 4. The van der Waals surface area contributed by atoms with Crippen molar-refractivity contribution in [1.82, 2.24) is 19.5 Å². The van der Waals surface area contributed by atoms with Crippen LogP contribution in [0.15, 0.2) is 43.0 Å². The van der Waals surface area contributed by atoms with E-state index < -0.39 is 24.5 Å². The van der Waals surface area contributed by atoms with E-state index in [4.69, 9.17) is 14.6 Å². The Morgan fingerprint density at radius 2 is 2.12 bits per heavy atom. The molecule has 1 saturated heterocycles. The van der Waals surface area contributed by atoms with Gasteiger partial charge in [0.05, 0.1) is 24.6 Å². The zero-order valence-corrected chi connectivity index (χ0v) is 13.5. The van der Waals surface area contributed by atoms with E-state index >= 15 is 0 Å². The van der Waals surface area contributed by atoms with Crippen LogP contribution in [-0.4, -0.2) is 49.5 Å². The van der Waals surface area contributed by atoms with Gasteiger partial charge in [0.15, 0.2) is 17.4 Å². The minimum atomic E-state index is -1.31. The van der Waals surface area contributed by atoms with Gasteiger partial charge < -0.3 is 14.6 Å². The molecule has 0 saturated carbocycles. The minimum absolute atomic E-state index is 0.0188. The Morgan fingerprint density at radius 1 is 1.31 bits per heavy atom. The van der Waals surface area contributed by atoms with Crippen LogP contribution in [0.2, 0.25) is 0 Å². The molecule has 1 N–H and O–H groups in total. The Morgan fingerprint density at radius 3 is 2.85 bits per heavy atom. The third-order valence-electron chi connectivity index (χ3n) is 4.13. The number of imidazole rings is 1. The molecule has 0 radical (unpaired) electrons. The molecule has 0 unspecified atom stereocenters.